The number of benzene rings is 2. The molecule has 0 radical (unpaired) electrons. The van der Waals surface area contributed by atoms with E-state index < -0.39 is 17.3 Å². The van der Waals surface area contributed by atoms with Crippen LogP contribution >= 0.6 is 0 Å². The summed E-state index contributed by atoms with van der Waals surface area (Å²) in [7, 11) is 4.48. The summed E-state index contributed by atoms with van der Waals surface area (Å²) in [5.74, 6) is 0.417. The fourth-order valence-electron chi connectivity index (χ4n) is 4.68. The first-order valence-corrected chi connectivity index (χ1v) is 11.1. The molecule has 0 bridgehead atoms. The maximum Gasteiger partial charge on any atom is 0.260 e. The Hall–Kier alpha value is -4.15. The number of ether oxygens (including phenoxy) is 3. The Morgan fingerprint density at radius 3 is 2.43 bits per heavy atom. The number of nitrogens with zero attached hydrogens (tertiary/aromatic N) is 5. The molecule has 1 N–H and O–H groups in total. The Balaban J connectivity index is 1.60. The highest BCUT2D eigenvalue weighted by Crippen LogP contribution is 2.41. The number of halogens is 1. The van der Waals surface area contributed by atoms with Crippen LogP contribution in [0.1, 0.15) is 35.9 Å². The number of carbonyl (C=O) groups excluding carboxylic acids is 1. The van der Waals surface area contributed by atoms with E-state index in [4.69, 9.17) is 19.2 Å². The van der Waals surface area contributed by atoms with E-state index in [2.05, 4.69) is 15.2 Å². The van der Waals surface area contributed by atoms with Gasteiger partial charge in [0.1, 0.15) is 17.1 Å². The summed E-state index contributed by atoms with van der Waals surface area (Å²) in [6, 6.07) is 6.61. The van der Waals surface area contributed by atoms with Crippen LogP contribution in [0.25, 0.3) is 16.7 Å². The average molecular weight is 481 g/mol. The van der Waals surface area contributed by atoms with Crippen LogP contribution in [0.3, 0.4) is 0 Å². The van der Waals surface area contributed by atoms with Crippen molar-refractivity contribution in [1.82, 2.24) is 29.9 Å². The van der Waals surface area contributed by atoms with Crippen molar-refractivity contribution < 1.29 is 23.4 Å². The minimum Gasteiger partial charge on any atom is -0.494 e. The summed E-state index contributed by atoms with van der Waals surface area (Å²) >= 11 is 0. The van der Waals surface area contributed by atoms with Gasteiger partial charge in [-0.05, 0) is 31.9 Å². The molecule has 11 heteroatoms. The highest BCUT2D eigenvalue weighted by molar-refractivity contribution is 5.99. The molecular formula is C24H25FN6O4. The normalized spacial score (nSPS) is 17.7. The quantitative estimate of drug-likeness (QED) is 0.450. The monoisotopic (exact) mass is 480 g/mol. The topological polar surface area (TPSA) is 107 Å². The SMILES string of the molecule is COc1cc2nc(C3(C)CCCN3C(=O)c3c(-n4nccn4)ccc(OC)c3F)[nH]c2cc1OC. The molecule has 1 saturated heterocycles. The third kappa shape index (κ3) is 3.54. The first-order valence-electron chi connectivity index (χ1n) is 11.1. The zero-order chi connectivity index (χ0) is 24.7. The number of nitrogens with one attached hydrogen (secondary N) is 1. The van der Waals surface area contributed by atoms with Crippen molar-refractivity contribution in [1.29, 1.82) is 0 Å². The van der Waals surface area contributed by atoms with E-state index in [1.54, 1.807) is 37.3 Å². The van der Waals surface area contributed by atoms with Crippen molar-refractivity contribution in [3.05, 3.63) is 53.9 Å². The summed E-state index contributed by atoms with van der Waals surface area (Å²) in [4.78, 5) is 24.9. The number of likely N-dealkylation sites (tertiary alicyclic amines) is 1. The van der Waals surface area contributed by atoms with Gasteiger partial charge in [-0.1, -0.05) is 0 Å². The fraction of sp³-hybridized carbons (Fsp3) is 0.333. The highest BCUT2D eigenvalue weighted by atomic mass is 19.1. The van der Waals surface area contributed by atoms with E-state index in [9.17, 15) is 4.79 Å². The number of H-pyrrole nitrogens is 1. The van der Waals surface area contributed by atoms with Crippen LogP contribution < -0.4 is 14.2 Å². The van der Waals surface area contributed by atoms with Crippen LogP contribution in [-0.2, 0) is 5.54 Å². The maximum absolute atomic E-state index is 15.5. The van der Waals surface area contributed by atoms with Crippen LogP contribution in [-0.4, -0.2) is 63.6 Å². The number of aromatic amines is 1. The maximum atomic E-state index is 15.5. The van der Waals surface area contributed by atoms with Crippen LogP contribution in [0.5, 0.6) is 17.2 Å². The lowest BCUT2D eigenvalue weighted by atomic mass is 9.96. The summed E-state index contributed by atoms with van der Waals surface area (Å²) in [6.07, 6.45) is 4.31. The molecule has 1 aliphatic heterocycles. The largest absolute Gasteiger partial charge is 0.494 e. The van der Waals surface area contributed by atoms with E-state index >= 15 is 4.39 Å². The molecule has 1 aliphatic rings. The lowest BCUT2D eigenvalue weighted by Gasteiger charge is -2.34. The average Bonchev–Trinajstić information content (AvgIpc) is 3.62. The van der Waals surface area contributed by atoms with Crippen molar-refractivity contribution in [2.45, 2.75) is 25.3 Å². The first kappa shape index (κ1) is 22.6. The number of fused-ring (bicyclic) bond motifs is 1. The predicted octanol–water partition coefficient (Wildman–Crippen LogP) is 3.46. The van der Waals surface area contributed by atoms with E-state index in [1.807, 2.05) is 6.92 Å². The van der Waals surface area contributed by atoms with Crippen molar-refractivity contribution in [2.75, 3.05) is 27.9 Å². The summed E-state index contributed by atoms with van der Waals surface area (Å²) in [5, 5.41) is 8.19. The Morgan fingerprint density at radius 2 is 1.74 bits per heavy atom. The second kappa shape index (κ2) is 8.57. The first-order chi connectivity index (χ1) is 16.9. The minimum absolute atomic E-state index is 0.0342. The van der Waals surface area contributed by atoms with Gasteiger partial charge in [-0.2, -0.15) is 15.0 Å². The molecule has 1 fully saturated rings. The molecule has 2 aromatic heterocycles. The number of aromatic nitrogens is 5. The van der Waals surface area contributed by atoms with Gasteiger partial charge in [0.2, 0.25) is 0 Å². The van der Waals surface area contributed by atoms with Crippen molar-refractivity contribution >= 4 is 16.9 Å². The van der Waals surface area contributed by atoms with Gasteiger partial charge in [-0.15, -0.1) is 0 Å². The second-order valence-corrected chi connectivity index (χ2v) is 8.44. The molecule has 35 heavy (non-hydrogen) atoms. The van der Waals surface area contributed by atoms with E-state index in [0.717, 1.165) is 11.9 Å². The van der Waals surface area contributed by atoms with Crippen LogP contribution in [0.4, 0.5) is 4.39 Å². The molecule has 1 unspecified atom stereocenters. The van der Waals surface area contributed by atoms with Gasteiger partial charge < -0.3 is 24.1 Å². The minimum atomic E-state index is -0.805. The van der Waals surface area contributed by atoms with Gasteiger partial charge in [0.05, 0.1) is 50.3 Å². The van der Waals surface area contributed by atoms with Gasteiger partial charge >= 0.3 is 0 Å². The zero-order valence-corrected chi connectivity index (χ0v) is 19.8. The second-order valence-electron chi connectivity index (χ2n) is 8.44. The number of imidazole rings is 1. The van der Waals surface area contributed by atoms with Crippen molar-refractivity contribution in [2.24, 2.45) is 0 Å². The smallest absolute Gasteiger partial charge is 0.260 e. The van der Waals surface area contributed by atoms with Gasteiger partial charge in [-0.25, -0.2) is 9.37 Å². The molecular weight excluding hydrogens is 455 g/mol. The molecule has 1 amide bonds. The Kier molecular flexibility index (Phi) is 5.54. The van der Waals surface area contributed by atoms with E-state index in [1.165, 1.54) is 30.4 Å². The number of amides is 1. The van der Waals surface area contributed by atoms with Crippen LogP contribution in [0.2, 0.25) is 0 Å². The lowest BCUT2D eigenvalue weighted by molar-refractivity contribution is 0.0600. The third-order valence-corrected chi connectivity index (χ3v) is 6.54. The molecule has 0 saturated carbocycles. The van der Waals surface area contributed by atoms with Gasteiger partial charge in [0.25, 0.3) is 5.91 Å². The fourth-order valence-corrected chi connectivity index (χ4v) is 4.68. The molecule has 0 aliphatic carbocycles. The van der Waals surface area contributed by atoms with E-state index in [-0.39, 0.29) is 17.0 Å². The molecule has 1 atom stereocenters. The molecule has 2 aromatic carbocycles. The molecule has 10 nitrogen and oxygen atoms in total. The predicted molar refractivity (Wildman–Crippen MR) is 125 cm³/mol. The van der Waals surface area contributed by atoms with Crippen LogP contribution in [0.15, 0.2) is 36.7 Å². The number of rotatable bonds is 6. The number of carbonyl (C=O) groups is 1. The summed E-state index contributed by atoms with van der Waals surface area (Å²) in [5.41, 5.74) is 0.681. The zero-order valence-electron chi connectivity index (χ0n) is 19.8. The van der Waals surface area contributed by atoms with Gasteiger partial charge in [0, 0.05) is 18.7 Å². The summed E-state index contributed by atoms with van der Waals surface area (Å²) < 4.78 is 31.5. The molecule has 0 spiro atoms. The van der Waals surface area contributed by atoms with E-state index in [0.29, 0.717) is 35.8 Å². The van der Waals surface area contributed by atoms with Crippen LogP contribution in [0, 0.1) is 5.82 Å². The van der Waals surface area contributed by atoms with Gasteiger partial charge in [-0.3, -0.25) is 4.79 Å². The number of hydrogen-bond acceptors (Lipinski definition) is 7. The van der Waals surface area contributed by atoms with Crippen molar-refractivity contribution in [3.8, 4) is 22.9 Å². The van der Waals surface area contributed by atoms with Crippen molar-refractivity contribution in [3.63, 3.8) is 0 Å². The highest BCUT2D eigenvalue weighted by Gasteiger charge is 2.45. The number of hydrogen-bond donors (Lipinski definition) is 1. The standard InChI is InChI=1S/C24H25FN6O4/c1-24(23-28-14-12-18(34-3)19(35-4)13-15(14)29-23)8-5-11-30(24)22(32)20-16(31-26-9-10-27-31)6-7-17(33-2)21(20)25/h6-7,9-10,12-13H,5,8,11H2,1-4H3,(H,28,29). The Morgan fingerprint density at radius 1 is 1.06 bits per heavy atom. The summed E-state index contributed by atoms with van der Waals surface area (Å²) in [6.45, 7) is 2.36. The van der Waals surface area contributed by atoms with Gasteiger partial charge in [0.15, 0.2) is 23.1 Å². The lowest BCUT2D eigenvalue weighted by Crippen LogP contribution is -2.44. The number of methoxy groups -OCH3 is 3. The molecule has 5 rings (SSSR count). The molecule has 4 aromatic rings. The third-order valence-electron chi connectivity index (χ3n) is 6.54. The molecule has 3 heterocycles. The Bertz CT molecular complexity index is 1360. The Labute approximate surface area is 200 Å². The molecule has 182 valence electrons.